The van der Waals surface area contributed by atoms with Crippen molar-refractivity contribution in [1.29, 1.82) is 0 Å². The van der Waals surface area contributed by atoms with Crippen LogP contribution in [0.5, 0.6) is 0 Å². The van der Waals surface area contributed by atoms with Crippen LogP contribution in [0.2, 0.25) is 0 Å². The highest BCUT2D eigenvalue weighted by molar-refractivity contribution is 9.10. The van der Waals surface area contributed by atoms with Crippen molar-refractivity contribution in [3.8, 4) is 16.8 Å². The van der Waals surface area contributed by atoms with E-state index in [4.69, 9.17) is 0 Å². The van der Waals surface area contributed by atoms with Crippen LogP contribution in [0.1, 0.15) is 0 Å². The van der Waals surface area contributed by atoms with Crippen molar-refractivity contribution in [2.45, 2.75) is 0 Å². The minimum Gasteiger partial charge on any atom is -0.240 e. The van der Waals surface area contributed by atoms with Gasteiger partial charge in [-0.3, -0.25) is 0 Å². The third-order valence-electron chi connectivity index (χ3n) is 2.97. The van der Waals surface area contributed by atoms with Gasteiger partial charge in [0.1, 0.15) is 0 Å². The number of nitrogens with zero attached hydrogens (tertiary/aromatic N) is 2. The monoisotopic (exact) mass is 352 g/mol. The van der Waals surface area contributed by atoms with Crippen LogP contribution in [0.25, 0.3) is 16.8 Å². The van der Waals surface area contributed by atoms with Crippen molar-refractivity contribution >= 4 is 15.9 Å². The fourth-order valence-corrected chi connectivity index (χ4v) is 2.35. The molecule has 0 spiro atoms. The molecule has 2 nitrogen and oxygen atoms in total. The maximum Gasteiger partial charge on any atom is 0.194 e. The minimum absolute atomic E-state index is 0.118. The van der Waals surface area contributed by atoms with Crippen molar-refractivity contribution in [3.05, 3.63) is 70.7 Å². The Morgan fingerprint density at radius 2 is 1.67 bits per heavy atom. The molecule has 106 valence electrons. The number of rotatable bonds is 2. The van der Waals surface area contributed by atoms with Gasteiger partial charge in [0.05, 0.1) is 11.9 Å². The van der Waals surface area contributed by atoms with E-state index in [0.717, 1.165) is 27.7 Å². The van der Waals surface area contributed by atoms with Gasteiger partial charge in [-0.15, -0.1) is 0 Å². The summed E-state index contributed by atoms with van der Waals surface area (Å²) >= 11 is 3.37. The molecular formula is C15H8BrF3N2. The van der Waals surface area contributed by atoms with Gasteiger partial charge in [0.25, 0.3) is 0 Å². The van der Waals surface area contributed by atoms with Gasteiger partial charge in [0.15, 0.2) is 17.5 Å². The quantitative estimate of drug-likeness (QED) is 0.610. The average Bonchev–Trinajstić information content (AvgIpc) is 2.94. The average molecular weight is 353 g/mol. The normalized spacial score (nSPS) is 10.9. The summed E-state index contributed by atoms with van der Waals surface area (Å²) in [7, 11) is 0. The number of hydrogen-bond acceptors (Lipinski definition) is 1. The Balaban J connectivity index is 2.02. The predicted octanol–water partition coefficient (Wildman–Crippen LogP) is 4.72. The van der Waals surface area contributed by atoms with E-state index in [1.54, 1.807) is 12.4 Å². The van der Waals surface area contributed by atoms with Gasteiger partial charge in [0.2, 0.25) is 0 Å². The summed E-state index contributed by atoms with van der Waals surface area (Å²) in [5, 5.41) is 4.05. The molecule has 0 aliphatic heterocycles. The molecule has 0 aliphatic carbocycles. The van der Waals surface area contributed by atoms with Crippen LogP contribution in [0, 0.1) is 17.5 Å². The Morgan fingerprint density at radius 3 is 2.33 bits per heavy atom. The Kier molecular flexibility index (Phi) is 3.55. The zero-order valence-electron chi connectivity index (χ0n) is 10.5. The largest absolute Gasteiger partial charge is 0.240 e. The van der Waals surface area contributed by atoms with E-state index in [1.165, 1.54) is 4.68 Å². The van der Waals surface area contributed by atoms with Crippen molar-refractivity contribution in [2.24, 2.45) is 0 Å². The topological polar surface area (TPSA) is 17.8 Å². The lowest BCUT2D eigenvalue weighted by molar-refractivity contribution is 0.446. The smallest absolute Gasteiger partial charge is 0.194 e. The zero-order valence-corrected chi connectivity index (χ0v) is 12.1. The van der Waals surface area contributed by atoms with Crippen LogP contribution in [-0.2, 0) is 0 Å². The van der Waals surface area contributed by atoms with Gasteiger partial charge in [-0.2, -0.15) is 5.10 Å². The summed E-state index contributed by atoms with van der Waals surface area (Å²) in [6, 6.07) is 9.34. The Hall–Kier alpha value is -2.08. The van der Waals surface area contributed by atoms with Crippen LogP contribution in [0.3, 0.4) is 0 Å². The van der Waals surface area contributed by atoms with E-state index in [0.29, 0.717) is 0 Å². The lowest BCUT2D eigenvalue weighted by Crippen LogP contribution is -1.99. The van der Waals surface area contributed by atoms with Gasteiger partial charge >= 0.3 is 0 Å². The molecule has 0 saturated carbocycles. The first-order valence-electron chi connectivity index (χ1n) is 6.00. The molecule has 0 aliphatic rings. The number of benzene rings is 2. The fourth-order valence-electron chi connectivity index (χ4n) is 1.96. The first-order chi connectivity index (χ1) is 10.0. The lowest BCUT2D eigenvalue weighted by atomic mass is 10.1. The summed E-state index contributed by atoms with van der Waals surface area (Å²) < 4.78 is 41.7. The summed E-state index contributed by atoms with van der Waals surface area (Å²) in [5.74, 6) is -3.98. The first-order valence-corrected chi connectivity index (χ1v) is 6.79. The van der Waals surface area contributed by atoms with E-state index >= 15 is 0 Å². The van der Waals surface area contributed by atoms with Crippen LogP contribution in [0.4, 0.5) is 13.2 Å². The summed E-state index contributed by atoms with van der Waals surface area (Å²) in [4.78, 5) is 0. The Bertz CT molecular complexity index is 791. The predicted molar refractivity (Wildman–Crippen MR) is 76.6 cm³/mol. The van der Waals surface area contributed by atoms with E-state index in [1.807, 2.05) is 24.3 Å². The number of aromatic nitrogens is 2. The molecule has 3 rings (SSSR count). The van der Waals surface area contributed by atoms with Gasteiger partial charge in [-0.05, 0) is 17.7 Å². The third kappa shape index (κ3) is 2.71. The molecule has 6 heteroatoms. The highest BCUT2D eigenvalue weighted by Gasteiger charge is 2.12. The standard InChI is InChI=1S/C15H8BrF3N2/c16-11-3-1-2-9(4-11)10-7-20-21(8-10)12-5-13(17)15(19)14(18)6-12/h1-8H. The SMILES string of the molecule is Fc1cc(-n2cc(-c3cccc(Br)c3)cn2)cc(F)c1F. The van der Waals surface area contributed by atoms with Crippen LogP contribution >= 0.6 is 15.9 Å². The van der Waals surface area contributed by atoms with Crippen molar-refractivity contribution < 1.29 is 13.2 Å². The molecule has 0 N–H and O–H groups in total. The van der Waals surface area contributed by atoms with Crippen molar-refractivity contribution in [2.75, 3.05) is 0 Å². The molecule has 1 aromatic heterocycles. The molecule has 0 saturated heterocycles. The third-order valence-corrected chi connectivity index (χ3v) is 3.47. The van der Waals surface area contributed by atoms with Crippen LogP contribution < -0.4 is 0 Å². The molecule has 3 aromatic rings. The molecule has 0 amide bonds. The fraction of sp³-hybridized carbons (Fsp3) is 0. The summed E-state index contributed by atoms with van der Waals surface area (Å²) in [5.41, 5.74) is 1.80. The summed E-state index contributed by atoms with van der Waals surface area (Å²) in [6.45, 7) is 0. The molecule has 0 unspecified atom stereocenters. The van der Waals surface area contributed by atoms with Gasteiger partial charge in [0, 0.05) is 28.4 Å². The molecule has 0 radical (unpaired) electrons. The van der Waals surface area contributed by atoms with E-state index in [9.17, 15) is 13.2 Å². The molecule has 1 heterocycles. The number of hydrogen-bond donors (Lipinski definition) is 0. The van der Waals surface area contributed by atoms with Gasteiger partial charge in [-0.1, -0.05) is 28.1 Å². The highest BCUT2D eigenvalue weighted by Crippen LogP contribution is 2.24. The second-order valence-corrected chi connectivity index (χ2v) is 5.32. The first kappa shape index (κ1) is 13.9. The van der Waals surface area contributed by atoms with E-state index < -0.39 is 17.5 Å². The van der Waals surface area contributed by atoms with E-state index in [-0.39, 0.29) is 5.69 Å². The van der Waals surface area contributed by atoms with Gasteiger partial charge in [-0.25, -0.2) is 17.9 Å². The summed E-state index contributed by atoms with van der Waals surface area (Å²) in [6.07, 6.45) is 3.19. The zero-order chi connectivity index (χ0) is 15.0. The maximum absolute atomic E-state index is 13.2. The molecule has 2 aromatic carbocycles. The molecule has 0 bridgehead atoms. The van der Waals surface area contributed by atoms with E-state index in [2.05, 4.69) is 21.0 Å². The molecule has 21 heavy (non-hydrogen) atoms. The van der Waals surface area contributed by atoms with Crippen molar-refractivity contribution in [3.63, 3.8) is 0 Å². The lowest BCUT2D eigenvalue weighted by Gasteiger charge is -2.03. The number of halogens is 4. The Morgan fingerprint density at radius 1 is 0.952 bits per heavy atom. The molecule has 0 fully saturated rings. The minimum atomic E-state index is -1.49. The van der Waals surface area contributed by atoms with Crippen LogP contribution in [-0.4, -0.2) is 9.78 Å². The molecule has 0 atom stereocenters. The maximum atomic E-state index is 13.2. The second kappa shape index (κ2) is 5.37. The second-order valence-electron chi connectivity index (χ2n) is 4.41. The Labute approximate surface area is 127 Å². The highest BCUT2D eigenvalue weighted by atomic mass is 79.9. The molecular weight excluding hydrogens is 345 g/mol. The van der Waals surface area contributed by atoms with Crippen molar-refractivity contribution in [1.82, 2.24) is 9.78 Å². The van der Waals surface area contributed by atoms with Gasteiger partial charge < -0.3 is 0 Å². The van der Waals surface area contributed by atoms with Crippen LogP contribution in [0.15, 0.2) is 53.3 Å².